The summed E-state index contributed by atoms with van der Waals surface area (Å²) in [6.07, 6.45) is 2.69. The monoisotopic (exact) mass is 284 g/mol. The van der Waals surface area contributed by atoms with Crippen LogP contribution in [-0.4, -0.2) is 19.3 Å². The van der Waals surface area contributed by atoms with Crippen molar-refractivity contribution in [1.82, 2.24) is 5.32 Å². The third kappa shape index (κ3) is 2.75. The standard InChI is InChI=1S/C12H17BrN2O/c1-16-10-5-9(6-10)15-7-8-2-3-12(14)11(13)4-8/h2-4,9-10,15H,5-7,14H2,1H3. The van der Waals surface area contributed by atoms with Crippen LogP contribution in [0.25, 0.3) is 0 Å². The average molecular weight is 285 g/mol. The molecule has 1 saturated carbocycles. The number of nitrogens with two attached hydrogens (primary N) is 1. The molecule has 1 fully saturated rings. The number of methoxy groups -OCH3 is 1. The molecule has 0 amide bonds. The lowest BCUT2D eigenvalue weighted by Gasteiger charge is -2.34. The van der Waals surface area contributed by atoms with Crippen LogP contribution in [0.3, 0.4) is 0 Å². The number of rotatable bonds is 4. The molecule has 3 nitrogen and oxygen atoms in total. The van der Waals surface area contributed by atoms with Gasteiger partial charge in [0.2, 0.25) is 0 Å². The van der Waals surface area contributed by atoms with E-state index in [0.29, 0.717) is 12.1 Å². The summed E-state index contributed by atoms with van der Waals surface area (Å²) in [5.74, 6) is 0. The quantitative estimate of drug-likeness (QED) is 0.834. The molecule has 0 spiro atoms. The topological polar surface area (TPSA) is 47.3 Å². The molecule has 0 radical (unpaired) electrons. The van der Waals surface area contributed by atoms with Gasteiger partial charge in [-0.15, -0.1) is 0 Å². The smallest absolute Gasteiger partial charge is 0.0601 e. The van der Waals surface area contributed by atoms with Gasteiger partial charge in [0.15, 0.2) is 0 Å². The molecule has 4 heteroatoms. The number of hydrogen-bond donors (Lipinski definition) is 2. The second kappa shape index (κ2) is 5.17. The molecule has 0 atom stereocenters. The summed E-state index contributed by atoms with van der Waals surface area (Å²) in [5, 5.41) is 3.50. The Morgan fingerprint density at radius 2 is 2.25 bits per heavy atom. The Morgan fingerprint density at radius 3 is 2.88 bits per heavy atom. The fourth-order valence-corrected chi connectivity index (χ4v) is 2.29. The molecule has 1 aromatic carbocycles. The molecule has 0 bridgehead atoms. The van der Waals surface area contributed by atoms with Crippen LogP contribution < -0.4 is 11.1 Å². The van der Waals surface area contributed by atoms with Crippen LogP contribution in [0, 0.1) is 0 Å². The Hall–Kier alpha value is -0.580. The molecule has 2 rings (SSSR count). The summed E-state index contributed by atoms with van der Waals surface area (Å²) in [6, 6.07) is 6.65. The van der Waals surface area contributed by atoms with Gasteiger partial charge in [-0.3, -0.25) is 0 Å². The van der Waals surface area contributed by atoms with Crippen molar-refractivity contribution in [2.75, 3.05) is 12.8 Å². The van der Waals surface area contributed by atoms with E-state index in [1.54, 1.807) is 7.11 Å². The lowest BCUT2D eigenvalue weighted by Crippen LogP contribution is -2.44. The fraction of sp³-hybridized carbons (Fsp3) is 0.500. The molecular weight excluding hydrogens is 268 g/mol. The zero-order valence-electron chi connectivity index (χ0n) is 9.37. The van der Waals surface area contributed by atoms with Gasteiger partial charge in [0.25, 0.3) is 0 Å². The van der Waals surface area contributed by atoms with Gasteiger partial charge in [-0.05, 0) is 46.5 Å². The Labute approximate surface area is 104 Å². The maximum atomic E-state index is 5.73. The van der Waals surface area contributed by atoms with Crippen molar-refractivity contribution in [3.63, 3.8) is 0 Å². The van der Waals surface area contributed by atoms with E-state index >= 15 is 0 Å². The van der Waals surface area contributed by atoms with Gasteiger partial charge in [0.1, 0.15) is 0 Å². The van der Waals surface area contributed by atoms with E-state index in [1.807, 2.05) is 6.07 Å². The first-order valence-corrected chi connectivity index (χ1v) is 6.28. The second-order valence-corrected chi connectivity index (χ2v) is 5.12. The van der Waals surface area contributed by atoms with Crippen molar-refractivity contribution >= 4 is 21.6 Å². The van der Waals surface area contributed by atoms with Crippen molar-refractivity contribution < 1.29 is 4.74 Å². The van der Waals surface area contributed by atoms with Gasteiger partial charge in [-0.1, -0.05) is 6.07 Å². The number of anilines is 1. The van der Waals surface area contributed by atoms with Gasteiger partial charge in [-0.2, -0.15) is 0 Å². The van der Waals surface area contributed by atoms with Gasteiger partial charge in [0.05, 0.1) is 6.10 Å². The maximum Gasteiger partial charge on any atom is 0.0601 e. The third-order valence-electron chi connectivity index (χ3n) is 3.09. The van der Waals surface area contributed by atoms with E-state index in [-0.39, 0.29) is 0 Å². The highest BCUT2D eigenvalue weighted by Crippen LogP contribution is 2.24. The van der Waals surface area contributed by atoms with Gasteiger partial charge in [0, 0.05) is 29.9 Å². The Kier molecular flexibility index (Phi) is 3.84. The number of halogens is 1. The summed E-state index contributed by atoms with van der Waals surface area (Å²) >= 11 is 3.43. The van der Waals surface area contributed by atoms with E-state index in [2.05, 4.69) is 33.4 Å². The third-order valence-corrected chi connectivity index (χ3v) is 3.77. The van der Waals surface area contributed by atoms with Crippen LogP contribution in [-0.2, 0) is 11.3 Å². The van der Waals surface area contributed by atoms with Crippen molar-refractivity contribution in [2.24, 2.45) is 0 Å². The zero-order chi connectivity index (χ0) is 11.5. The van der Waals surface area contributed by atoms with Crippen LogP contribution in [0.1, 0.15) is 18.4 Å². The van der Waals surface area contributed by atoms with Crippen molar-refractivity contribution in [3.05, 3.63) is 28.2 Å². The van der Waals surface area contributed by atoms with Crippen LogP contribution >= 0.6 is 15.9 Å². The lowest BCUT2D eigenvalue weighted by atomic mass is 9.89. The van der Waals surface area contributed by atoms with Crippen molar-refractivity contribution in [3.8, 4) is 0 Å². The fourth-order valence-electron chi connectivity index (χ4n) is 1.87. The molecule has 1 aliphatic rings. The zero-order valence-corrected chi connectivity index (χ0v) is 11.0. The molecule has 0 unspecified atom stereocenters. The summed E-state index contributed by atoms with van der Waals surface area (Å²) in [4.78, 5) is 0. The van der Waals surface area contributed by atoms with E-state index in [4.69, 9.17) is 10.5 Å². The Balaban J connectivity index is 1.80. The molecule has 0 saturated heterocycles. The minimum absolute atomic E-state index is 0.454. The highest BCUT2D eigenvalue weighted by Gasteiger charge is 2.28. The maximum absolute atomic E-state index is 5.73. The summed E-state index contributed by atoms with van der Waals surface area (Å²) in [6.45, 7) is 0.889. The summed E-state index contributed by atoms with van der Waals surface area (Å²) in [7, 11) is 1.78. The van der Waals surface area contributed by atoms with E-state index in [0.717, 1.165) is 29.5 Å². The number of benzene rings is 1. The first-order chi connectivity index (χ1) is 7.69. The normalized spacial score (nSPS) is 24.1. The van der Waals surface area contributed by atoms with E-state index < -0.39 is 0 Å². The lowest BCUT2D eigenvalue weighted by molar-refractivity contribution is 0.0170. The van der Waals surface area contributed by atoms with Crippen LogP contribution in [0.4, 0.5) is 5.69 Å². The van der Waals surface area contributed by atoms with Crippen molar-refractivity contribution in [1.29, 1.82) is 0 Å². The molecule has 88 valence electrons. The number of nitrogen functional groups attached to an aromatic ring is 1. The van der Waals surface area contributed by atoms with Gasteiger partial charge >= 0.3 is 0 Å². The van der Waals surface area contributed by atoms with Crippen molar-refractivity contribution in [2.45, 2.75) is 31.5 Å². The molecule has 1 aromatic rings. The summed E-state index contributed by atoms with van der Waals surface area (Å²) < 4.78 is 6.21. The molecule has 16 heavy (non-hydrogen) atoms. The van der Waals surface area contributed by atoms with Crippen LogP contribution in [0.15, 0.2) is 22.7 Å². The highest BCUT2D eigenvalue weighted by molar-refractivity contribution is 9.10. The molecule has 0 aromatic heterocycles. The second-order valence-electron chi connectivity index (χ2n) is 4.26. The molecule has 3 N–H and O–H groups in total. The van der Waals surface area contributed by atoms with Gasteiger partial charge < -0.3 is 15.8 Å². The SMILES string of the molecule is COC1CC(NCc2ccc(N)c(Br)c2)C1. The Bertz CT molecular complexity index is 364. The first kappa shape index (κ1) is 11.9. The minimum atomic E-state index is 0.454. The predicted molar refractivity (Wildman–Crippen MR) is 69.2 cm³/mol. The largest absolute Gasteiger partial charge is 0.398 e. The van der Waals surface area contributed by atoms with Crippen LogP contribution in [0.2, 0.25) is 0 Å². The Morgan fingerprint density at radius 1 is 1.50 bits per heavy atom. The predicted octanol–water partition coefficient (Wildman–Crippen LogP) is 2.30. The summed E-state index contributed by atoms with van der Waals surface area (Å²) in [5.41, 5.74) is 7.77. The number of nitrogens with one attached hydrogen (secondary N) is 1. The van der Waals surface area contributed by atoms with E-state index in [9.17, 15) is 0 Å². The van der Waals surface area contributed by atoms with E-state index in [1.165, 1.54) is 5.56 Å². The van der Waals surface area contributed by atoms with Crippen LogP contribution in [0.5, 0.6) is 0 Å². The molecule has 0 aliphatic heterocycles. The first-order valence-electron chi connectivity index (χ1n) is 5.49. The average Bonchev–Trinajstić information content (AvgIpc) is 2.21. The molecular formula is C12H17BrN2O. The number of ether oxygens (including phenoxy) is 1. The number of hydrogen-bond acceptors (Lipinski definition) is 3. The molecule has 1 aliphatic carbocycles. The molecule has 0 heterocycles. The van der Waals surface area contributed by atoms with Gasteiger partial charge in [-0.25, -0.2) is 0 Å². The highest BCUT2D eigenvalue weighted by atomic mass is 79.9. The minimum Gasteiger partial charge on any atom is -0.398 e.